The molecule has 4 heteroatoms. The normalized spacial score (nSPS) is 23.2. The third-order valence-corrected chi connectivity index (χ3v) is 1.90. The van der Waals surface area contributed by atoms with Crippen molar-refractivity contribution < 1.29 is 4.79 Å². The predicted octanol–water partition coefficient (Wildman–Crippen LogP) is -0.333. The molecule has 0 aromatic heterocycles. The highest BCUT2D eigenvalue weighted by molar-refractivity contribution is 5.73. The van der Waals surface area contributed by atoms with Crippen LogP contribution in [0.3, 0.4) is 0 Å². The van der Waals surface area contributed by atoms with Crippen molar-refractivity contribution in [1.82, 2.24) is 16.0 Å². The summed E-state index contributed by atoms with van der Waals surface area (Å²) in [4.78, 5) is 10.7. The lowest BCUT2D eigenvalue weighted by Crippen LogP contribution is -2.41. The molecule has 1 aliphatic heterocycles. The summed E-state index contributed by atoms with van der Waals surface area (Å²) in [6, 6.07) is 0.381. The molecule has 0 aromatic rings. The Bertz CT molecular complexity index is 132. The Kier molecular flexibility index (Phi) is 3.16. The zero-order valence-electron chi connectivity index (χ0n) is 6.81. The zero-order valence-corrected chi connectivity index (χ0v) is 6.81. The van der Waals surface area contributed by atoms with Crippen LogP contribution in [0.2, 0.25) is 0 Å². The monoisotopic (exact) mass is 157 g/mol. The average Bonchev–Trinajstić information content (AvgIpc) is 2.52. The SMILES string of the molecule is CNC(=O)NC[C@H]1CCCN1. The van der Waals surface area contributed by atoms with Crippen LogP contribution in [0.4, 0.5) is 4.79 Å². The van der Waals surface area contributed by atoms with Gasteiger partial charge in [0.1, 0.15) is 0 Å². The van der Waals surface area contributed by atoms with E-state index in [2.05, 4.69) is 16.0 Å². The van der Waals surface area contributed by atoms with Crippen LogP contribution in [0.1, 0.15) is 12.8 Å². The van der Waals surface area contributed by atoms with E-state index in [0.29, 0.717) is 6.04 Å². The van der Waals surface area contributed by atoms with E-state index in [4.69, 9.17) is 0 Å². The maximum atomic E-state index is 10.7. The molecule has 0 spiro atoms. The molecule has 0 radical (unpaired) electrons. The molecule has 0 aliphatic carbocycles. The van der Waals surface area contributed by atoms with Gasteiger partial charge in [0.25, 0.3) is 0 Å². The second-order valence-corrected chi connectivity index (χ2v) is 2.75. The smallest absolute Gasteiger partial charge is 0.314 e. The maximum Gasteiger partial charge on any atom is 0.314 e. The standard InChI is InChI=1S/C7H15N3O/c1-8-7(11)10-5-6-3-2-4-9-6/h6,9H,2-5H2,1H3,(H2,8,10,11)/t6-/m1/s1. The van der Waals surface area contributed by atoms with E-state index >= 15 is 0 Å². The van der Waals surface area contributed by atoms with Crippen molar-refractivity contribution in [2.45, 2.75) is 18.9 Å². The van der Waals surface area contributed by atoms with Gasteiger partial charge in [0.05, 0.1) is 0 Å². The number of carbonyl (C=O) groups is 1. The van der Waals surface area contributed by atoms with Gasteiger partial charge in [-0.15, -0.1) is 0 Å². The minimum atomic E-state index is -0.0984. The van der Waals surface area contributed by atoms with Crippen LogP contribution in [-0.4, -0.2) is 32.2 Å². The Morgan fingerprint density at radius 2 is 2.55 bits per heavy atom. The van der Waals surface area contributed by atoms with Crippen molar-refractivity contribution >= 4 is 6.03 Å². The van der Waals surface area contributed by atoms with Crippen LogP contribution in [0.15, 0.2) is 0 Å². The van der Waals surface area contributed by atoms with Crippen LogP contribution in [0.5, 0.6) is 0 Å². The fourth-order valence-corrected chi connectivity index (χ4v) is 1.24. The van der Waals surface area contributed by atoms with E-state index in [1.54, 1.807) is 7.05 Å². The lowest BCUT2D eigenvalue weighted by molar-refractivity contribution is 0.242. The van der Waals surface area contributed by atoms with Gasteiger partial charge in [-0.3, -0.25) is 0 Å². The molecule has 2 amide bonds. The van der Waals surface area contributed by atoms with Gasteiger partial charge in [-0.1, -0.05) is 0 Å². The largest absolute Gasteiger partial charge is 0.341 e. The van der Waals surface area contributed by atoms with Crippen LogP contribution in [-0.2, 0) is 0 Å². The molecular formula is C7H15N3O. The van der Waals surface area contributed by atoms with Crippen molar-refractivity contribution in [3.05, 3.63) is 0 Å². The lowest BCUT2D eigenvalue weighted by atomic mass is 10.2. The van der Waals surface area contributed by atoms with Crippen molar-refractivity contribution in [3.63, 3.8) is 0 Å². The Hall–Kier alpha value is -0.770. The molecule has 0 bridgehead atoms. The molecule has 1 heterocycles. The topological polar surface area (TPSA) is 53.2 Å². The number of hydrogen-bond acceptors (Lipinski definition) is 2. The van der Waals surface area contributed by atoms with Gasteiger partial charge in [-0.2, -0.15) is 0 Å². The minimum Gasteiger partial charge on any atom is -0.341 e. The van der Waals surface area contributed by atoms with Crippen molar-refractivity contribution in [1.29, 1.82) is 0 Å². The van der Waals surface area contributed by atoms with Crippen LogP contribution in [0.25, 0.3) is 0 Å². The summed E-state index contributed by atoms with van der Waals surface area (Å²) in [5.74, 6) is 0. The molecule has 4 nitrogen and oxygen atoms in total. The summed E-state index contributed by atoms with van der Waals surface area (Å²) in [5, 5.41) is 8.57. The Morgan fingerprint density at radius 3 is 3.09 bits per heavy atom. The second kappa shape index (κ2) is 4.18. The number of hydrogen-bond donors (Lipinski definition) is 3. The van der Waals surface area contributed by atoms with E-state index in [0.717, 1.165) is 13.1 Å². The molecule has 0 aromatic carbocycles. The average molecular weight is 157 g/mol. The molecule has 0 saturated carbocycles. The van der Waals surface area contributed by atoms with Gasteiger partial charge in [-0.25, -0.2) is 4.79 Å². The predicted molar refractivity (Wildman–Crippen MR) is 43.5 cm³/mol. The van der Waals surface area contributed by atoms with Gasteiger partial charge < -0.3 is 16.0 Å². The Labute approximate surface area is 66.7 Å². The van der Waals surface area contributed by atoms with Gasteiger partial charge in [0, 0.05) is 19.6 Å². The number of rotatable bonds is 2. The highest BCUT2D eigenvalue weighted by Crippen LogP contribution is 2.02. The second-order valence-electron chi connectivity index (χ2n) is 2.75. The van der Waals surface area contributed by atoms with Crippen LogP contribution < -0.4 is 16.0 Å². The molecule has 1 aliphatic rings. The van der Waals surface area contributed by atoms with E-state index in [1.165, 1.54) is 12.8 Å². The molecule has 11 heavy (non-hydrogen) atoms. The molecule has 64 valence electrons. The quantitative estimate of drug-likeness (QED) is 0.514. The number of nitrogens with one attached hydrogen (secondary N) is 3. The molecule has 0 unspecified atom stereocenters. The third kappa shape index (κ3) is 2.76. The minimum absolute atomic E-state index is 0.0984. The van der Waals surface area contributed by atoms with E-state index in [9.17, 15) is 4.79 Å². The summed E-state index contributed by atoms with van der Waals surface area (Å²) in [7, 11) is 1.62. The molecular weight excluding hydrogens is 142 g/mol. The van der Waals surface area contributed by atoms with Crippen molar-refractivity contribution in [3.8, 4) is 0 Å². The van der Waals surface area contributed by atoms with Gasteiger partial charge in [-0.05, 0) is 19.4 Å². The van der Waals surface area contributed by atoms with Gasteiger partial charge in [0.15, 0.2) is 0 Å². The van der Waals surface area contributed by atoms with Crippen molar-refractivity contribution in [2.24, 2.45) is 0 Å². The Balaban J connectivity index is 2.06. The maximum absolute atomic E-state index is 10.7. The highest BCUT2D eigenvalue weighted by atomic mass is 16.2. The third-order valence-electron chi connectivity index (χ3n) is 1.90. The summed E-state index contributed by atoms with van der Waals surface area (Å²) in [5.41, 5.74) is 0. The first-order valence-corrected chi connectivity index (χ1v) is 4.02. The van der Waals surface area contributed by atoms with E-state index in [1.807, 2.05) is 0 Å². The van der Waals surface area contributed by atoms with Crippen LogP contribution >= 0.6 is 0 Å². The summed E-state index contributed by atoms with van der Waals surface area (Å²) in [6.07, 6.45) is 2.39. The molecule has 1 atom stereocenters. The summed E-state index contributed by atoms with van der Waals surface area (Å²) in [6.45, 7) is 1.82. The molecule has 3 N–H and O–H groups in total. The van der Waals surface area contributed by atoms with E-state index < -0.39 is 0 Å². The number of amides is 2. The molecule has 1 saturated heterocycles. The van der Waals surface area contributed by atoms with Crippen molar-refractivity contribution in [2.75, 3.05) is 20.1 Å². The number of urea groups is 1. The van der Waals surface area contributed by atoms with E-state index in [-0.39, 0.29) is 6.03 Å². The lowest BCUT2D eigenvalue weighted by Gasteiger charge is -2.10. The van der Waals surface area contributed by atoms with Gasteiger partial charge in [0.2, 0.25) is 0 Å². The first-order chi connectivity index (χ1) is 5.33. The van der Waals surface area contributed by atoms with Crippen LogP contribution in [0, 0.1) is 0 Å². The fourth-order valence-electron chi connectivity index (χ4n) is 1.24. The first kappa shape index (κ1) is 8.33. The fraction of sp³-hybridized carbons (Fsp3) is 0.857. The number of carbonyl (C=O) groups excluding carboxylic acids is 1. The Morgan fingerprint density at radius 1 is 1.73 bits per heavy atom. The molecule has 1 fully saturated rings. The summed E-state index contributed by atoms with van der Waals surface area (Å²) < 4.78 is 0. The van der Waals surface area contributed by atoms with Gasteiger partial charge >= 0.3 is 6.03 Å². The zero-order chi connectivity index (χ0) is 8.10. The highest BCUT2D eigenvalue weighted by Gasteiger charge is 2.13. The summed E-state index contributed by atoms with van der Waals surface area (Å²) >= 11 is 0. The molecule has 1 rings (SSSR count). The first-order valence-electron chi connectivity index (χ1n) is 4.02.